The highest BCUT2D eigenvalue weighted by molar-refractivity contribution is 5.37. The Hall–Kier alpha value is -2.00. The predicted molar refractivity (Wildman–Crippen MR) is 104 cm³/mol. The molecule has 8 nitrogen and oxygen atoms in total. The number of fused-ring (bicyclic) bond motifs is 1. The molecule has 4 atom stereocenters. The van der Waals surface area contributed by atoms with Crippen LogP contribution < -0.4 is 21.5 Å². The maximum absolute atomic E-state index is 9.93. The first kappa shape index (κ1) is 18.4. The topological polar surface area (TPSA) is 99.1 Å². The molecule has 27 heavy (non-hydrogen) atoms. The Morgan fingerprint density at radius 1 is 1.33 bits per heavy atom. The van der Waals surface area contributed by atoms with Crippen LogP contribution in [0.2, 0.25) is 0 Å². The van der Waals surface area contributed by atoms with Crippen LogP contribution in [0.3, 0.4) is 0 Å². The van der Waals surface area contributed by atoms with Gasteiger partial charge in [-0.2, -0.15) is 5.10 Å². The van der Waals surface area contributed by atoms with Gasteiger partial charge in [0, 0.05) is 49.9 Å². The molecule has 2 aromatic heterocycles. The third-order valence-electron chi connectivity index (χ3n) is 5.38. The van der Waals surface area contributed by atoms with Gasteiger partial charge in [0.1, 0.15) is 5.82 Å². The van der Waals surface area contributed by atoms with Crippen molar-refractivity contribution in [2.45, 2.75) is 44.0 Å². The zero-order valence-corrected chi connectivity index (χ0v) is 16.1. The van der Waals surface area contributed by atoms with Gasteiger partial charge in [-0.15, -0.1) is 0 Å². The number of aromatic nitrogens is 3. The van der Waals surface area contributed by atoms with Gasteiger partial charge in [-0.1, -0.05) is 6.07 Å². The molecular formula is C19H29N7O. The minimum Gasteiger partial charge on any atom is -0.389 e. The van der Waals surface area contributed by atoms with Crippen molar-refractivity contribution in [3.05, 3.63) is 41.9 Å². The molecule has 0 amide bonds. The van der Waals surface area contributed by atoms with Crippen LogP contribution in [0.4, 0.5) is 5.82 Å². The Labute approximate surface area is 159 Å². The average molecular weight is 371 g/mol. The van der Waals surface area contributed by atoms with Crippen molar-refractivity contribution in [3.63, 3.8) is 0 Å². The van der Waals surface area contributed by atoms with E-state index in [0.29, 0.717) is 24.5 Å². The molecule has 0 spiro atoms. The summed E-state index contributed by atoms with van der Waals surface area (Å²) < 4.78 is 1.85. The Balaban J connectivity index is 1.49. The van der Waals surface area contributed by atoms with Crippen molar-refractivity contribution in [1.29, 1.82) is 0 Å². The van der Waals surface area contributed by atoms with Crippen LogP contribution in [0.1, 0.15) is 43.6 Å². The Morgan fingerprint density at radius 3 is 2.93 bits per heavy atom. The van der Waals surface area contributed by atoms with Crippen molar-refractivity contribution in [3.8, 4) is 0 Å². The monoisotopic (exact) mass is 371 g/mol. The zero-order chi connectivity index (χ0) is 19.0. The third kappa shape index (κ3) is 4.14. The molecule has 4 rings (SSSR count). The van der Waals surface area contributed by atoms with Crippen molar-refractivity contribution < 1.29 is 5.11 Å². The number of hydrogen-bond acceptors (Lipinski definition) is 7. The summed E-state index contributed by atoms with van der Waals surface area (Å²) in [6.45, 7) is 4.93. The number of rotatable bonds is 5. The van der Waals surface area contributed by atoms with E-state index in [9.17, 15) is 5.11 Å². The van der Waals surface area contributed by atoms with Crippen LogP contribution >= 0.6 is 0 Å². The summed E-state index contributed by atoms with van der Waals surface area (Å²) in [7, 11) is 1.95. The molecule has 2 aliphatic heterocycles. The Bertz CT molecular complexity index is 784. The highest BCUT2D eigenvalue weighted by Gasteiger charge is 2.42. The molecule has 2 saturated heterocycles. The second-order valence-corrected chi connectivity index (χ2v) is 8.29. The number of hydrazine groups is 1. The van der Waals surface area contributed by atoms with E-state index in [4.69, 9.17) is 4.98 Å². The molecule has 2 fully saturated rings. The van der Waals surface area contributed by atoms with Crippen LogP contribution in [0, 0.1) is 5.92 Å². The number of aliphatic hydroxyl groups is 1. The second kappa shape index (κ2) is 7.20. The first-order chi connectivity index (χ1) is 12.9. The van der Waals surface area contributed by atoms with Crippen molar-refractivity contribution in [2.24, 2.45) is 13.0 Å². The second-order valence-electron chi connectivity index (χ2n) is 8.29. The fraction of sp³-hybridized carbons (Fsp3) is 0.579. The summed E-state index contributed by atoms with van der Waals surface area (Å²) >= 11 is 0. The molecule has 0 radical (unpaired) electrons. The largest absolute Gasteiger partial charge is 0.389 e. The predicted octanol–water partition coefficient (Wildman–Crippen LogP) is 0.866. The number of aryl methyl sites for hydroxylation is 1. The summed E-state index contributed by atoms with van der Waals surface area (Å²) in [5.41, 5.74) is 8.34. The lowest BCUT2D eigenvalue weighted by Gasteiger charge is -2.33. The maximum Gasteiger partial charge on any atom is 0.126 e. The van der Waals surface area contributed by atoms with Gasteiger partial charge < -0.3 is 15.7 Å². The first-order valence-electron chi connectivity index (χ1n) is 9.55. The maximum atomic E-state index is 9.93. The molecule has 8 heteroatoms. The average Bonchev–Trinajstić information content (AvgIpc) is 3.25. The molecule has 4 unspecified atom stereocenters. The molecule has 0 aliphatic carbocycles. The van der Waals surface area contributed by atoms with E-state index in [0.717, 1.165) is 24.5 Å². The van der Waals surface area contributed by atoms with E-state index in [1.807, 2.05) is 30.1 Å². The van der Waals surface area contributed by atoms with Gasteiger partial charge in [-0.05, 0) is 32.4 Å². The van der Waals surface area contributed by atoms with Gasteiger partial charge in [0.15, 0.2) is 0 Å². The Morgan fingerprint density at radius 2 is 2.19 bits per heavy atom. The fourth-order valence-corrected chi connectivity index (χ4v) is 3.97. The SMILES string of the molecule is Cn1cc(C2CC3C(CN2)NNC3c2cccc(NCC(C)(C)O)n2)cn1. The van der Waals surface area contributed by atoms with Crippen molar-refractivity contribution >= 4 is 5.82 Å². The standard InChI is InChI=1S/C19H29N7O/c1-19(2,27)11-21-17-6-4-5-14(23-17)18-13-7-15(12-8-22-26(3)10-12)20-9-16(13)24-25-18/h4-6,8,10,13,15-16,18,20,24-25,27H,7,9,11H2,1-3H3,(H,21,23). The molecular weight excluding hydrogens is 342 g/mol. The van der Waals surface area contributed by atoms with Crippen LogP contribution in [-0.4, -0.2) is 44.6 Å². The van der Waals surface area contributed by atoms with Crippen LogP contribution in [0.5, 0.6) is 0 Å². The van der Waals surface area contributed by atoms with E-state index in [-0.39, 0.29) is 6.04 Å². The molecule has 0 aromatic carbocycles. The zero-order valence-electron chi connectivity index (χ0n) is 16.1. The summed E-state index contributed by atoms with van der Waals surface area (Å²) in [6, 6.07) is 6.86. The molecule has 5 N–H and O–H groups in total. The minimum absolute atomic E-state index is 0.153. The number of pyridine rings is 1. The number of anilines is 1. The Kier molecular flexibility index (Phi) is 4.90. The van der Waals surface area contributed by atoms with Crippen LogP contribution in [0.15, 0.2) is 30.6 Å². The van der Waals surface area contributed by atoms with Crippen LogP contribution in [-0.2, 0) is 7.05 Å². The van der Waals surface area contributed by atoms with Crippen molar-refractivity contribution in [2.75, 3.05) is 18.4 Å². The van der Waals surface area contributed by atoms with Gasteiger partial charge in [0.25, 0.3) is 0 Å². The quantitative estimate of drug-likeness (QED) is 0.532. The van der Waals surface area contributed by atoms with Gasteiger partial charge in [0.05, 0.1) is 23.5 Å². The van der Waals surface area contributed by atoms with Gasteiger partial charge in [-0.25, -0.2) is 10.4 Å². The van der Waals surface area contributed by atoms with E-state index in [2.05, 4.69) is 38.8 Å². The highest BCUT2D eigenvalue weighted by atomic mass is 16.3. The van der Waals surface area contributed by atoms with Gasteiger partial charge >= 0.3 is 0 Å². The lowest BCUT2D eigenvalue weighted by molar-refractivity contribution is 0.0944. The molecule has 2 aliphatic rings. The van der Waals surface area contributed by atoms with E-state index >= 15 is 0 Å². The number of nitrogens with zero attached hydrogens (tertiary/aromatic N) is 3. The van der Waals surface area contributed by atoms with E-state index in [1.54, 1.807) is 13.8 Å². The van der Waals surface area contributed by atoms with E-state index in [1.165, 1.54) is 5.56 Å². The van der Waals surface area contributed by atoms with E-state index < -0.39 is 5.60 Å². The summed E-state index contributed by atoms with van der Waals surface area (Å²) in [6.07, 6.45) is 5.05. The summed E-state index contributed by atoms with van der Waals surface area (Å²) in [4.78, 5) is 4.79. The number of piperidine rings is 1. The first-order valence-corrected chi connectivity index (χ1v) is 9.55. The van der Waals surface area contributed by atoms with Gasteiger partial charge in [-0.3, -0.25) is 10.1 Å². The highest BCUT2D eigenvalue weighted by Crippen LogP contribution is 2.37. The fourth-order valence-electron chi connectivity index (χ4n) is 3.97. The molecule has 0 saturated carbocycles. The molecule has 4 heterocycles. The summed E-state index contributed by atoms with van der Waals surface area (Å²) in [5, 5.41) is 21.1. The molecule has 2 aromatic rings. The lowest BCUT2D eigenvalue weighted by Crippen LogP contribution is -2.46. The van der Waals surface area contributed by atoms with Crippen LogP contribution in [0.25, 0.3) is 0 Å². The van der Waals surface area contributed by atoms with Crippen molar-refractivity contribution in [1.82, 2.24) is 30.9 Å². The van der Waals surface area contributed by atoms with Gasteiger partial charge in [0.2, 0.25) is 0 Å². The minimum atomic E-state index is -0.776. The summed E-state index contributed by atoms with van der Waals surface area (Å²) in [5.74, 6) is 1.23. The third-order valence-corrected chi connectivity index (χ3v) is 5.38. The normalized spacial score (nSPS) is 28.1. The molecule has 0 bridgehead atoms. The molecule has 146 valence electrons. The smallest absolute Gasteiger partial charge is 0.126 e. The lowest BCUT2D eigenvalue weighted by atomic mass is 9.82. The number of nitrogens with one attached hydrogen (secondary N) is 4. The number of hydrogen-bond donors (Lipinski definition) is 5.